The van der Waals surface area contributed by atoms with Gasteiger partial charge in [-0.25, -0.2) is 0 Å². The van der Waals surface area contributed by atoms with Crippen LogP contribution in [0.1, 0.15) is 18.9 Å². The summed E-state index contributed by atoms with van der Waals surface area (Å²) in [6, 6.07) is 8.41. The maximum absolute atomic E-state index is 12.8. The van der Waals surface area contributed by atoms with Crippen molar-refractivity contribution in [2.45, 2.75) is 36.7 Å². The monoisotopic (exact) mass is 391 g/mol. The van der Waals surface area contributed by atoms with Gasteiger partial charge >= 0.3 is 0 Å². The molecule has 146 valence electrons. The minimum atomic E-state index is -1.27. The van der Waals surface area contributed by atoms with E-state index in [9.17, 15) is 19.5 Å². The molecule has 0 radical (unpaired) electrons. The molecule has 3 atom stereocenters. The van der Waals surface area contributed by atoms with Crippen LogP contribution in [0, 0.1) is 0 Å². The molecule has 8 heteroatoms. The lowest BCUT2D eigenvalue weighted by molar-refractivity contribution is -0.147. The van der Waals surface area contributed by atoms with E-state index >= 15 is 0 Å². The summed E-state index contributed by atoms with van der Waals surface area (Å²) >= 11 is 1.12. The largest absolute Gasteiger partial charge is 0.383 e. The number of thioether (sulfide) groups is 1. The summed E-state index contributed by atoms with van der Waals surface area (Å²) in [5, 5.41) is 13.0. The van der Waals surface area contributed by atoms with Crippen molar-refractivity contribution < 1.29 is 19.5 Å². The van der Waals surface area contributed by atoms with E-state index in [1.165, 1.54) is 11.0 Å². The van der Waals surface area contributed by atoms with Gasteiger partial charge in [-0.05, 0) is 25.3 Å². The summed E-state index contributed by atoms with van der Waals surface area (Å²) in [6.07, 6.45) is 0.978. The van der Waals surface area contributed by atoms with Crippen molar-refractivity contribution in [3.05, 3.63) is 48.6 Å². The van der Waals surface area contributed by atoms with Crippen molar-refractivity contribution in [1.29, 1.82) is 0 Å². The van der Waals surface area contributed by atoms with Gasteiger partial charge in [0.2, 0.25) is 11.8 Å². The normalized spacial score (nSPS) is 22.9. The first-order valence-electron chi connectivity index (χ1n) is 8.66. The van der Waals surface area contributed by atoms with Crippen LogP contribution in [-0.2, 0) is 20.8 Å². The number of carbonyl (C=O) groups is 3. The molecule has 0 bridgehead atoms. The van der Waals surface area contributed by atoms with Gasteiger partial charge in [0.15, 0.2) is 0 Å². The maximum Gasteiger partial charge on any atom is 0.252 e. The fourth-order valence-electron chi connectivity index (χ4n) is 2.98. The van der Waals surface area contributed by atoms with E-state index in [0.717, 1.165) is 17.3 Å². The summed E-state index contributed by atoms with van der Waals surface area (Å²) < 4.78 is -1.26. The van der Waals surface area contributed by atoms with Gasteiger partial charge in [-0.15, -0.1) is 18.3 Å². The quantitative estimate of drug-likeness (QED) is 0.556. The Morgan fingerprint density at radius 3 is 2.70 bits per heavy atom. The van der Waals surface area contributed by atoms with E-state index in [1.54, 1.807) is 6.92 Å². The minimum absolute atomic E-state index is 0.104. The van der Waals surface area contributed by atoms with Crippen LogP contribution in [0.5, 0.6) is 0 Å². The second kappa shape index (κ2) is 9.05. The Bertz CT molecular complexity index is 712. The van der Waals surface area contributed by atoms with Crippen LogP contribution < -0.4 is 11.1 Å². The van der Waals surface area contributed by atoms with Crippen LogP contribution >= 0.6 is 11.8 Å². The second-order valence-electron chi connectivity index (χ2n) is 6.53. The molecule has 1 aromatic carbocycles. The number of hydrogen-bond acceptors (Lipinski definition) is 5. The lowest BCUT2D eigenvalue weighted by Gasteiger charge is -2.31. The van der Waals surface area contributed by atoms with E-state index in [4.69, 9.17) is 5.73 Å². The number of primary amides is 1. The number of aliphatic hydroxyl groups is 1. The number of carbonyl (C=O) groups excluding carboxylic acids is 3. The predicted octanol–water partition coefficient (Wildman–Crippen LogP) is 0.428. The summed E-state index contributed by atoms with van der Waals surface area (Å²) in [5.41, 5.74) is 6.50. The van der Waals surface area contributed by atoms with Crippen LogP contribution in [0.3, 0.4) is 0 Å². The zero-order chi connectivity index (χ0) is 20.0. The zero-order valence-electron chi connectivity index (χ0n) is 15.3. The molecule has 2 rings (SSSR count). The van der Waals surface area contributed by atoms with Crippen LogP contribution in [-0.4, -0.2) is 57.0 Å². The number of nitrogens with one attached hydrogen (secondary N) is 1. The Hall–Kier alpha value is -2.32. The molecule has 1 fully saturated rings. The summed E-state index contributed by atoms with van der Waals surface area (Å²) in [4.78, 5) is 38.6. The number of nitrogens with two attached hydrogens (primary N) is 1. The Labute approximate surface area is 163 Å². The highest BCUT2D eigenvalue weighted by Crippen LogP contribution is 2.40. The number of amides is 3. The molecular formula is C19H25N3O4S. The third-order valence-corrected chi connectivity index (χ3v) is 6.04. The lowest BCUT2D eigenvalue weighted by atomic mass is 9.97. The van der Waals surface area contributed by atoms with Crippen molar-refractivity contribution >= 4 is 29.5 Å². The van der Waals surface area contributed by atoms with Crippen molar-refractivity contribution in [2.75, 3.05) is 12.4 Å². The molecule has 4 N–H and O–H groups in total. The molecule has 1 aliphatic heterocycles. The van der Waals surface area contributed by atoms with Crippen LogP contribution in [0.15, 0.2) is 43.0 Å². The van der Waals surface area contributed by atoms with Gasteiger partial charge in [0.1, 0.15) is 16.9 Å². The third kappa shape index (κ3) is 4.70. The van der Waals surface area contributed by atoms with Crippen molar-refractivity contribution in [2.24, 2.45) is 5.73 Å². The van der Waals surface area contributed by atoms with E-state index in [-0.39, 0.29) is 18.8 Å². The fraction of sp³-hybridized carbons (Fsp3) is 0.421. The molecule has 1 aliphatic rings. The molecule has 0 aliphatic carbocycles. The number of rotatable bonds is 8. The average molecular weight is 391 g/mol. The molecule has 3 amide bonds. The van der Waals surface area contributed by atoms with Crippen LogP contribution in [0.4, 0.5) is 0 Å². The number of aryl methyl sites for hydroxylation is 1. The molecule has 1 saturated heterocycles. The first kappa shape index (κ1) is 21.0. The highest BCUT2D eigenvalue weighted by Gasteiger charge is 2.55. The van der Waals surface area contributed by atoms with Crippen molar-refractivity contribution in [3.63, 3.8) is 0 Å². The molecule has 27 heavy (non-hydrogen) atoms. The molecule has 1 heterocycles. The zero-order valence-corrected chi connectivity index (χ0v) is 16.1. The Morgan fingerprint density at radius 2 is 2.11 bits per heavy atom. The highest BCUT2D eigenvalue weighted by atomic mass is 32.2. The Balaban J connectivity index is 2.13. The number of aliphatic hydroxyl groups excluding tert-OH is 1. The number of nitrogens with zero attached hydrogens (tertiary/aromatic N) is 1. The van der Waals surface area contributed by atoms with Crippen LogP contribution in [0.2, 0.25) is 0 Å². The SMILES string of the molecule is C=CCNC(=O)C1N(C(=O)C(O)CCc2ccccc2)CSC1(C)C(N)=O. The number of hydrogen-bond donors (Lipinski definition) is 3. The van der Waals surface area contributed by atoms with Gasteiger partial charge in [-0.3, -0.25) is 14.4 Å². The number of benzene rings is 1. The first-order chi connectivity index (χ1) is 12.8. The molecule has 0 spiro atoms. The van der Waals surface area contributed by atoms with Crippen molar-refractivity contribution in [3.8, 4) is 0 Å². The summed E-state index contributed by atoms with van der Waals surface area (Å²) in [5.74, 6) is -1.65. The van der Waals surface area contributed by atoms with E-state index in [1.807, 2.05) is 30.3 Å². The standard InChI is InChI=1S/C19H25N3O4S/c1-3-11-21-16(24)15-19(2,18(20)26)27-12-22(15)17(25)14(23)10-9-13-7-5-4-6-8-13/h3-8,14-15,23H,1,9-12H2,2H3,(H2,20,26)(H,21,24). The average Bonchev–Trinajstić information content (AvgIpc) is 3.03. The highest BCUT2D eigenvalue weighted by molar-refractivity contribution is 8.01. The summed E-state index contributed by atoms with van der Waals surface area (Å²) in [6.45, 7) is 5.28. The van der Waals surface area contributed by atoms with Gasteiger partial charge in [0.05, 0.1) is 5.88 Å². The third-order valence-electron chi connectivity index (χ3n) is 4.61. The molecule has 1 aromatic rings. The molecular weight excluding hydrogens is 366 g/mol. The van der Waals surface area contributed by atoms with Gasteiger partial charge in [0, 0.05) is 6.54 Å². The van der Waals surface area contributed by atoms with Gasteiger partial charge in [0.25, 0.3) is 5.91 Å². The summed E-state index contributed by atoms with van der Waals surface area (Å²) in [7, 11) is 0. The topological polar surface area (TPSA) is 113 Å². The molecule has 0 aromatic heterocycles. The van der Waals surface area contributed by atoms with E-state index < -0.39 is 34.6 Å². The van der Waals surface area contributed by atoms with Gasteiger partial charge in [-0.1, -0.05) is 36.4 Å². The first-order valence-corrected chi connectivity index (χ1v) is 9.64. The molecule has 7 nitrogen and oxygen atoms in total. The smallest absolute Gasteiger partial charge is 0.252 e. The molecule has 3 unspecified atom stereocenters. The van der Waals surface area contributed by atoms with E-state index in [2.05, 4.69) is 11.9 Å². The van der Waals surface area contributed by atoms with E-state index in [0.29, 0.717) is 6.42 Å². The fourth-order valence-corrected chi connectivity index (χ4v) is 4.19. The van der Waals surface area contributed by atoms with Crippen LogP contribution in [0.25, 0.3) is 0 Å². The Morgan fingerprint density at radius 1 is 1.44 bits per heavy atom. The maximum atomic E-state index is 12.8. The predicted molar refractivity (Wildman–Crippen MR) is 105 cm³/mol. The lowest BCUT2D eigenvalue weighted by Crippen LogP contribution is -2.59. The van der Waals surface area contributed by atoms with Gasteiger partial charge in [-0.2, -0.15) is 0 Å². The Kier molecular flexibility index (Phi) is 7.04. The van der Waals surface area contributed by atoms with Gasteiger partial charge < -0.3 is 21.1 Å². The minimum Gasteiger partial charge on any atom is -0.383 e. The molecule has 0 saturated carbocycles. The van der Waals surface area contributed by atoms with Crippen molar-refractivity contribution in [1.82, 2.24) is 10.2 Å². The second-order valence-corrected chi connectivity index (χ2v) is 7.92.